The van der Waals surface area contributed by atoms with E-state index in [9.17, 15) is 8.42 Å². The predicted octanol–water partition coefficient (Wildman–Crippen LogP) is 0.952. The van der Waals surface area contributed by atoms with Crippen LogP contribution in [0.25, 0.3) is 0 Å². The van der Waals surface area contributed by atoms with E-state index in [0.717, 1.165) is 0 Å². The lowest BCUT2D eigenvalue weighted by Gasteiger charge is -1.86. The molecule has 2 nitrogen and oxygen atoms in total. The molecule has 0 saturated carbocycles. The Morgan fingerprint density at radius 1 is 1.67 bits per heavy atom. The van der Waals surface area contributed by atoms with Crippen molar-refractivity contribution in [1.82, 2.24) is 0 Å². The number of hydrogen-bond acceptors (Lipinski definition) is 3. The summed E-state index contributed by atoms with van der Waals surface area (Å²) in [5.41, 5.74) is 0. The minimum absolute atomic E-state index is 0.285. The highest BCUT2D eigenvalue weighted by atomic mass is 32.2. The first-order valence-electron chi connectivity index (χ1n) is 2.26. The van der Waals surface area contributed by atoms with Gasteiger partial charge >= 0.3 is 0 Å². The minimum atomic E-state index is -3.00. The maximum atomic E-state index is 10.7. The van der Waals surface area contributed by atoms with Crippen LogP contribution in [0.5, 0.6) is 0 Å². The molecule has 0 spiro atoms. The third kappa shape index (κ3) is 1.53. The van der Waals surface area contributed by atoms with Crippen molar-refractivity contribution in [3.63, 3.8) is 0 Å². The first-order chi connectivity index (χ1) is 4.11. The van der Waals surface area contributed by atoms with E-state index in [-0.39, 0.29) is 4.90 Å². The lowest BCUT2D eigenvalue weighted by atomic mass is 10.7. The third-order valence-corrected chi connectivity index (χ3v) is 2.62. The molecule has 0 aliphatic rings. The summed E-state index contributed by atoms with van der Waals surface area (Å²) in [5, 5.41) is 4.32. The highest BCUT2D eigenvalue weighted by Gasteiger charge is 2.05. The fourth-order valence-corrected chi connectivity index (χ4v) is 2.03. The van der Waals surface area contributed by atoms with Crippen molar-refractivity contribution < 1.29 is 8.42 Å². The van der Waals surface area contributed by atoms with Gasteiger partial charge in [-0.3, -0.25) is 0 Å². The summed E-state index contributed by atoms with van der Waals surface area (Å²) >= 11 is 1.26. The van der Waals surface area contributed by atoms with Gasteiger partial charge in [-0.1, -0.05) is 0 Å². The lowest BCUT2D eigenvalue weighted by molar-refractivity contribution is 0.602. The fraction of sp³-hybridized carbons (Fsp3) is 0.200. The van der Waals surface area contributed by atoms with Crippen LogP contribution in [0.15, 0.2) is 16.3 Å². The van der Waals surface area contributed by atoms with Crippen molar-refractivity contribution in [3.8, 4) is 0 Å². The lowest BCUT2D eigenvalue weighted by Crippen LogP contribution is -1.93. The molecule has 0 aliphatic carbocycles. The molecule has 0 unspecified atom stereocenters. The molecule has 9 heavy (non-hydrogen) atoms. The molecule has 0 amide bonds. The number of hydrogen-bond donors (Lipinski definition) is 0. The maximum Gasteiger partial charge on any atom is 0.176 e. The summed E-state index contributed by atoms with van der Waals surface area (Å²) in [4.78, 5) is 0.285. The minimum Gasteiger partial charge on any atom is -0.224 e. The molecule has 1 heterocycles. The maximum absolute atomic E-state index is 10.7. The van der Waals surface area contributed by atoms with Crippen LogP contribution in [-0.4, -0.2) is 14.7 Å². The van der Waals surface area contributed by atoms with E-state index in [1.54, 1.807) is 11.4 Å². The standard InChI is InChI=1S/C5H5O2S2/c1-9(6,7)5-2-3-8-4-5/h2-3H,1H3. The van der Waals surface area contributed by atoms with Crippen molar-refractivity contribution >= 4 is 21.2 Å². The highest BCUT2D eigenvalue weighted by Crippen LogP contribution is 2.10. The van der Waals surface area contributed by atoms with Crippen LogP contribution in [0.3, 0.4) is 0 Å². The van der Waals surface area contributed by atoms with Crippen LogP contribution in [-0.2, 0) is 9.84 Å². The summed E-state index contributed by atoms with van der Waals surface area (Å²) in [5.74, 6) is 0. The summed E-state index contributed by atoms with van der Waals surface area (Å²) < 4.78 is 21.3. The first kappa shape index (κ1) is 6.77. The van der Waals surface area contributed by atoms with Gasteiger partial charge in [0.25, 0.3) is 0 Å². The van der Waals surface area contributed by atoms with Gasteiger partial charge in [-0.15, -0.1) is 11.3 Å². The largest absolute Gasteiger partial charge is 0.224 e. The van der Waals surface area contributed by atoms with Crippen LogP contribution in [0.4, 0.5) is 0 Å². The second kappa shape index (κ2) is 2.11. The molecule has 0 saturated heterocycles. The second-order valence-corrected chi connectivity index (χ2v) is 4.36. The second-order valence-electron chi connectivity index (χ2n) is 1.66. The van der Waals surface area contributed by atoms with Crippen LogP contribution >= 0.6 is 11.3 Å². The molecule has 0 aliphatic heterocycles. The molecule has 4 heteroatoms. The van der Waals surface area contributed by atoms with Crippen LogP contribution < -0.4 is 0 Å². The summed E-state index contributed by atoms with van der Waals surface area (Å²) in [6.07, 6.45) is 1.17. The van der Waals surface area contributed by atoms with Gasteiger partial charge < -0.3 is 0 Å². The molecule has 0 bridgehead atoms. The Hall–Kier alpha value is -0.350. The Labute approximate surface area is 58.1 Å². The van der Waals surface area contributed by atoms with E-state index in [0.29, 0.717) is 0 Å². The van der Waals surface area contributed by atoms with Crippen molar-refractivity contribution in [3.05, 3.63) is 16.8 Å². The molecule has 0 fully saturated rings. The number of rotatable bonds is 1. The molecular weight excluding hydrogens is 156 g/mol. The molecular formula is C5H5O2S2. The van der Waals surface area contributed by atoms with Crippen molar-refractivity contribution in [2.24, 2.45) is 0 Å². The van der Waals surface area contributed by atoms with Crippen LogP contribution in [0.2, 0.25) is 0 Å². The highest BCUT2D eigenvalue weighted by molar-refractivity contribution is 7.90. The smallest absolute Gasteiger partial charge is 0.176 e. The van der Waals surface area contributed by atoms with Gasteiger partial charge in [0, 0.05) is 6.26 Å². The Kier molecular flexibility index (Phi) is 1.59. The zero-order chi connectivity index (χ0) is 6.91. The Morgan fingerprint density at radius 2 is 2.33 bits per heavy atom. The van der Waals surface area contributed by atoms with Crippen molar-refractivity contribution in [1.29, 1.82) is 0 Å². The molecule has 1 rings (SSSR count). The average Bonchev–Trinajstić information content (AvgIpc) is 2.08. The Bertz CT molecular complexity index is 270. The summed E-state index contributed by atoms with van der Waals surface area (Å²) in [6.45, 7) is 0. The molecule has 49 valence electrons. The van der Waals surface area contributed by atoms with Crippen LogP contribution in [0.1, 0.15) is 0 Å². The summed E-state index contributed by atoms with van der Waals surface area (Å²) in [6, 6.07) is 1.54. The Balaban J connectivity index is 3.20. The monoisotopic (exact) mass is 161 g/mol. The van der Waals surface area contributed by atoms with Gasteiger partial charge in [-0.2, -0.15) is 0 Å². The van der Waals surface area contributed by atoms with E-state index in [1.807, 2.05) is 0 Å². The summed E-state index contributed by atoms with van der Waals surface area (Å²) in [7, 11) is -3.00. The topological polar surface area (TPSA) is 34.1 Å². The van der Waals surface area contributed by atoms with E-state index in [4.69, 9.17) is 0 Å². The fourth-order valence-electron chi connectivity index (χ4n) is 0.421. The zero-order valence-corrected chi connectivity index (χ0v) is 6.42. The molecule has 0 atom stereocenters. The molecule has 0 aromatic carbocycles. The van der Waals surface area contributed by atoms with E-state index in [1.165, 1.54) is 17.6 Å². The van der Waals surface area contributed by atoms with E-state index in [2.05, 4.69) is 5.38 Å². The van der Waals surface area contributed by atoms with Crippen molar-refractivity contribution in [2.45, 2.75) is 4.90 Å². The number of thiophene rings is 1. The predicted molar refractivity (Wildman–Crippen MR) is 36.3 cm³/mol. The molecule has 1 aromatic rings. The van der Waals surface area contributed by atoms with E-state index < -0.39 is 9.84 Å². The SMILES string of the molecule is CS(=O)(=O)c1[c]scc1. The molecule has 1 radical (unpaired) electrons. The van der Waals surface area contributed by atoms with Gasteiger partial charge in [-0.05, 0) is 11.4 Å². The molecule has 1 aromatic heterocycles. The van der Waals surface area contributed by atoms with Gasteiger partial charge in [0.15, 0.2) is 9.84 Å². The third-order valence-electron chi connectivity index (χ3n) is 0.846. The quantitative estimate of drug-likeness (QED) is 0.614. The van der Waals surface area contributed by atoms with Gasteiger partial charge in [-0.25, -0.2) is 8.42 Å². The average molecular weight is 161 g/mol. The first-order valence-corrected chi connectivity index (χ1v) is 5.03. The Morgan fingerprint density at radius 3 is 2.56 bits per heavy atom. The molecule has 0 N–H and O–H groups in total. The van der Waals surface area contributed by atoms with E-state index >= 15 is 0 Å². The van der Waals surface area contributed by atoms with Crippen LogP contribution in [0, 0.1) is 5.38 Å². The van der Waals surface area contributed by atoms with Gasteiger partial charge in [0.2, 0.25) is 0 Å². The van der Waals surface area contributed by atoms with Gasteiger partial charge in [0.1, 0.15) is 0 Å². The van der Waals surface area contributed by atoms with Gasteiger partial charge in [0.05, 0.1) is 10.3 Å². The number of sulfone groups is 1. The normalized spacial score (nSPS) is 11.7. The van der Waals surface area contributed by atoms with Crippen molar-refractivity contribution in [2.75, 3.05) is 6.26 Å². The zero-order valence-electron chi connectivity index (χ0n) is 4.79.